The van der Waals surface area contributed by atoms with E-state index in [0.29, 0.717) is 6.54 Å². The van der Waals surface area contributed by atoms with Crippen molar-refractivity contribution >= 4 is 33.2 Å². The molecule has 0 aliphatic carbocycles. The topological polar surface area (TPSA) is 38.0 Å². The second-order valence-electron chi connectivity index (χ2n) is 6.64. The van der Waals surface area contributed by atoms with E-state index >= 15 is 0 Å². The number of nitrogens with one attached hydrogen (secondary N) is 3. The Bertz CT molecular complexity index is 668. The van der Waals surface area contributed by atoms with Crippen LogP contribution in [0, 0.1) is 0 Å². The van der Waals surface area contributed by atoms with E-state index in [1.807, 2.05) is 29.5 Å². The van der Waals surface area contributed by atoms with Gasteiger partial charge in [0.25, 0.3) is 5.91 Å². The maximum absolute atomic E-state index is 12.1. The van der Waals surface area contributed by atoms with Gasteiger partial charge in [-0.25, -0.2) is 0 Å². The van der Waals surface area contributed by atoms with E-state index in [0.717, 1.165) is 45.7 Å². The normalized spacial score (nSPS) is 20.4. The summed E-state index contributed by atoms with van der Waals surface area (Å²) < 4.78 is 1.21. The van der Waals surface area contributed by atoms with E-state index in [1.54, 1.807) is 4.90 Å². The maximum atomic E-state index is 12.1. The zero-order chi connectivity index (χ0) is 17.5. The van der Waals surface area contributed by atoms with Crippen molar-refractivity contribution < 1.29 is 14.6 Å². The molecule has 0 spiro atoms. The number of piperazine rings is 1. The second-order valence-corrected chi connectivity index (χ2v) is 9.19. The third-order valence-corrected chi connectivity index (χ3v) is 6.33. The largest absolute Gasteiger partial charge is 0.351 e. The minimum absolute atomic E-state index is 0.177. The Kier molecular flexibility index (Phi) is 7.04. The Balaban J connectivity index is 1.32. The van der Waals surface area contributed by atoms with Gasteiger partial charge in [-0.15, -0.1) is 11.3 Å². The molecule has 1 aromatic carbocycles. The first-order valence-corrected chi connectivity index (χ1v) is 10.5. The van der Waals surface area contributed by atoms with Crippen molar-refractivity contribution in [1.29, 1.82) is 0 Å². The molecule has 3 rings (SSSR count). The van der Waals surface area contributed by atoms with E-state index in [1.165, 1.54) is 19.1 Å². The minimum atomic E-state index is 0.177. The fourth-order valence-electron chi connectivity index (χ4n) is 3.28. The Hall–Kier alpha value is -1.21. The summed E-state index contributed by atoms with van der Waals surface area (Å²) in [5.74, 6) is 0.177. The molecule has 0 radical (unpaired) electrons. The van der Waals surface area contributed by atoms with Crippen LogP contribution in [0.25, 0.3) is 0 Å². The molecule has 2 aromatic rings. The van der Waals surface area contributed by atoms with Crippen LogP contribution in [0.5, 0.6) is 0 Å². The Morgan fingerprint density at radius 1 is 1.04 bits per heavy atom. The van der Waals surface area contributed by atoms with Gasteiger partial charge in [0.15, 0.2) is 6.54 Å². The molecule has 0 saturated carbocycles. The number of amides is 1. The van der Waals surface area contributed by atoms with Crippen LogP contribution in [0.2, 0.25) is 0 Å². The molecule has 1 fully saturated rings. The van der Waals surface area contributed by atoms with Gasteiger partial charge in [0.05, 0.1) is 8.66 Å². The predicted molar refractivity (Wildman–Crippen MR) is 105 cm³/mol. The molecule has 0 atom stereocenters. The lowest BCUT2D eigenvalue weighted by atomic mass is 10.1. The molecular weight excluding hydrogens is 398 g/mol. The highest BCUT2D eigenvalue weighted by Crippen LogP contribution is 2.21. The van der Waals surface area contributed by atoms with Crippen molar-refractivity contribution in [2.45, 2.75) is 13.0 Å². The lowest BCUT2D eigenvalue weighted by molar-refractivity contribution is -1.01. The fraction of sp³-hybridized carbons (Fsp3) is 0.421. The van der Waals surface area contributed by atoms with Crippen LogP contribution in [0.1, 0.15) is 10.4 Å². The van der Waals surface area contributed by atoms with Crippen molar-refractivity contribution in [3.05, 3.63) is 56.7 Å². The van der Waals surface area contributed by atoms with Crippen LogP contribution < -0.4 is 15.1 Å². The molecule has 6 heteroatoms. The summed E-state index contributed by atoms with van der Waals surface area (Å²) in [6, 6.07) is 14.6. The summed E-state index contributed by atoms with van der Waals surface area (Å²) in [6.07, 6.45) is 0.899. The zero-order valence-corrected chi connectivity index (χ0v) is 16.8. The van der Waals surface area contributed by atoms with Gasteiger partial charge in [-0.2, -0.15) is 0 Å². The maximum Gasteiger partial charge on any atom is 0.275 e. The molecule has 2 heterocycles. The van der Waals surface area contributed by atoms with Gasteiger partial charge in [0.2, 0.25) is 0 Å². The molecule has 134 valence electrons. The first kappa shape index (κ1) is 18.6. The Morgan fingerprint density at radius 2 is 1.76 bits per heavy atom. The molecule has 1 aliphatic heterocycles. The van der Waals surface area contributed by atoms with E-state index in [-0.39, 0.29) is 5.91 Å². The number of hydrogen-bond donors (Lipinski definition) is 3. The molecular formula is C19H26BrN3OS+2. The standard InChI is InChI=1S/C19H24BrN3OS/c20-18-7-6-17(25-18)14-22-10-12-23(13-11-22)15-19(24)21-9-8-16-4-2-1-3-5-16/h1-7H,8-15H2,(H,21,24)/p+2. The predicted octanol–water partition coefficient (Wildman–Crippen LogP) is 0.153. The summed E-state index contributed by atoms with van der Waals surface area (Å²) in [4.78, 5) is 16.6. The van der Waals surface area contributed by atoms with Gasteiger partial charge in [-0.1, -0.05) is 30.3 Å². The van der Waals surface area contributed by atoms with E-state index in [2.05, 4.69) is 45.5 Å². The van der Waals surface area contributed by atoms with E-state index < -0.39 is 0 Å². The summed E-state index contributed by atoms with van der Waals surface area (Å²) >= 11 is 5.35. The van der Waals surface area contributed by atoms with Crippen molar-refractivity contribution in [1.82, 2.24) is 5.32 Å². The smallest absolute Gasteiger partial charge is 0.275 e. The van der Waals surface area contributed by atoms with Gasteiger partial charge >= 0.3 is 0 Å². The lowest BCUT2D eigenvalue weighted by Crippen LogP contribution is -3.28. The quantitative estimate of drug-likeness (QED) is 0.582. The molecule has 1 amide bonds. The number of carbonyl (C=O) groups excluding carboxylic acids is 1. The van der Waals surface area contributed by atoms with Gasteiger partial charge < -0.3 is 15.1 Å². The van der Waals surface area contributed by atoms with Crippen LogP contribution >= 0.6 is 27.3 Å². The van der Waals surface area contributed by atoms with Gasteiger partial charge in [0, 0.05) is 6.54 Å². The van der Waals surface area contributed by atoms with E-state index in [4.69, 9.17) is 0 Å². The van der Waals surface area contributed by atoms with Crippen molar-refractivity contribution in [3.63, 3.8) is 0 Å². The van der Waals surface area contributed by atoms with Crippen molar-refractivity contribution in [2.75, 3.05) is 39.3 Å². The van der Waals surface area contributed by atoms with Gasteiger partial charge in [-0.3, -0.25) is 4.79 Å². The average molecular weight is 424 g/mol. The number of halogens is 1. The van der Waals surface area contributed by atoms with Crippen LogP contribution in [0.3, 0.4) is 0 Å². The Labute approximate surface area is 162 Å². The highest BCUT2D eigenvalue weighted by Gasteiger charge is 2.25. The van der Waals surface area contributed by atoms with Crippen LogP contribution in [0.15, 0.2) is 46.3 Å². The van der Waals surface area contributed by atoms with Crippen molar-refractivity contribution in [2.24, 2.45) is 0 Å². The SMILES string of the molecule is O=C(C[NH+]1CC[NH+](Cc2ccc(Br)s2)CC1)NCCc1ccccc1. The molecule has 0 bridgehead atoms. The summed E-state index contributed by atoms with van der Waals surface area (Å²) in [5, 5.41) is 3.06. The Morgan fingerprint density at radius 3 is 2.44 bits per heavy atom. The van der Waals surface area contributed by atoms with Crippen molar-refractivity contribution in [3.8, 4) is 0 Å². The summed E-state index contributed by atoms with van der Waals surface area (Å²) in [5.41, 5.74) is 1.27. The van der Waals surface area contributed by atoms with Gasteiger partial charge in [-0.05, 0) is 40.0 Å². The molecule has 4 nitrogen and oxygen atoms in total. The van der Waals surface area contributed by atoms with Crippen LogP contribution in [0.4, 0.5) is 0 Å². The van der Waals surface area contributed by atoms with Gasteiger partial charge in [0.1, 0.15) is 32.7 Å². The molecule has 3 N–H and O–H groups in total. The molecule has 0 unspecified atom stereocenters. The van der Waals surface area contributed by atoms with Crippen LogP contribution in [-0.4, -0.2) is 45.2 Å². The van der Waals surface area contributed by atoms with Crippen LogP contribution in [-0.2, 0) is 17.8 Å². The minimum Gasteiger partial charge on any atom is -0.351 e. The highest BCUT2D eigenvalue weighted by atomic mass is 79.9. The number of thiophene rings is 1. The zero-order valence-electron chi connectivity index (χ0n) is 14.4. The highest BCUT2D eigenvalue weighted by molar-refractivity contribution is 9.11. The molecule has 1 aromatic heterocycles. The third-order valence-electron chi connectivity index (χ3n) is 4.71. The molecule has 25 heavy (non-hydrogen) atoms. The fourth-order valence-corrected chi connectivity index (χ4v) is 4.84. The number of hydrogen-bond acceptors (Lipinski definition) is 2. The monoisotopic (exact) mass is 423 g/mol. The average Bonchev–Trinajstić information content (AvgIpc) is 3.02. The number of carbonyl (C=O) groups is 1. The summed E-state index contributed by atoms with van der Waals surface area (Å²) in [7, 11) is 0. The number of benzene rings is 1. The molecule has 1 aliphatic rings. The van der Waals surface area contributed by atoms with E-state index in [9.17, 15) is 4.79 Å². The number of rotatable bonds is 7. The second kappa shape index (κ2) is 9.48. The molecule has 1 saturated heterocycles. The number of quaternary nitrogens is 2. The first-order valence-electron chi connectivity index (χ1n) is 8.91. The summed E-state index contributed by atoms with van der Waals surface area (Å²) in [6.45, 7) is 6.87. The third kappa shape index (κ3) is 6.22. The first-order chi connectivity index (χ1) is 12.2. The lowest BCUT2D eigenvalue weighted by Gasteiger charge is -2.29.